The van der Waals surface area contributed by atoms with E-state index in [-0.39, 0.29) is 0 Å². The van der Waals surface area contributed by atoms with Gasteiger partial charge in [-0.25, -0.2) is 0 Å². The second-order valence-corrected chi connectivity index (χ2v) is 8.89. The van der Waals surface area contributed by atoms with Crippen molar-refractivity contribution >= 4 is 0 Å². The molecule has 130 valence electrons. The fourth-order valence-corrected chi connectivity index (χ4v) is 3.28. The van der Waals surface area contributed by atoms with Gasteiger partial charge in [0.2, 0.25) is 0 Å². The van der Waals surface area contributed by atoms with Crippen molar-refractivity contribution in [1.82, 2.24) is 4.90 Å². The third-order valence-corrected chi connectivity index (χ3v) is 4.42. The first-order valence-corrected chi connectivity index (χ1v) is 9.20. The maximum absolute atomic E-state index is 6.11. The summed E-state index contributed by atoms with van der Waals surface area (Å²) < 4.78 is 6.11. The molecule has 0 radical (unpaired) electrons. The molecule has 2 unspecified atom stereocenters. The lowest BCUT2D eigenvalue weighted by atomic mass is 9.75. The van der Waals surface area contributed by atoms with Gasteiger partial charge in [0.15, 0.2) is 0 Å². The molecule has 2 heteroatoms. The van der Waals surface area contributed by atoms with Crippen LogP contribution < -0.4 is 0 Å². The van der Waals surface area contributed by atoms with Gasteiger partial charge in [-0.1, -0.05) is 60.6 Å². The number of nitrogens with zero attached hydrogens (tertiary/aromatic N) is 1. The third-order valence-electron chi connectivity index (χ3n) is 4.42. The zero-order valence-corrected chi connectivity index (χ0v) is 16.1. The summed E-state index contributed by atoms with van der Waals surface area (Å²) in [5.41, 5.74) is 0.382. The largest absolute Gasteiger partial charge is 0.373 e. The summed E-state index contributed by atoms with van der Waals surface area (Å²) in [4.78, 5) is 2.56. The molecular formula is C20H39NO. The lowest BCUT2D eigenvalue weighted by Crippen LogP contribution is -2.35. The van der Waals surface area contributed by atoms with Gasteiger partial charge in [-0.15, -0.1) is 0 Å². The first kappa shape index (κ1) is 19.7. The normalized spacial score (nSPS) is 23.0. The minimum Gasteiger partial charge on any atom is -0.373 e. The lowest BCUT2D eigenvalue weighted by molar-refractivity contribution is 0.0446. The van der Waals surface area contributed by atoms with Gasteiger partial charge < -0.3 is 9.64 Å². The van der Waals surface area contributed by atoms with Gasteiger partial charge in [-0.05, 0) is 36.0 Å². The molecule has 1 aliphatic rings. The Morgan fingerprint density at radius 3 is 2.00 bits per heavy atom. The van der Waals surface area contributed by atoms with Gasteiger partial charge in [0.25, 0.3) is 0 Å². The number of allylic oxidation sites excluding steroid dienone is 1. The molecule has 22 heavy (non-hydrogen) atoms. The van der Waals surface area contributed by atoms with Crippen molar-refractivity contribution in [3.8, 4) is 0 Å². The highest BCUT2D eigenvalue weighted by molar-refractivity contribution is 5.02. The molecule has 1 aliphatic carbocycles. The maximum Gasteiger partial charge on any atom is 0.0756 e. The Hall–Kier alpha value is -0.340. The second-order valence-electron chi connectivity index (χ2n) is 8.89. The van der Waals surface area contributed by atoms with E-state index in [4.69, 9.17) is 4.74 Å². The third kappa shape index (κ3) is 7.78. The van der Waals surface area contributed by atoms with Gasteiger partial charge in [-0.3, -0.25) is 0 Å². The van der Waals surface area contributed by atoms with Crippen LogP contribution in [-0.4, -0.2) is 37.2 Å². The van der Waals surface area contributed by atoms with E-state index in [2.05, 4.69) is 65.5 Å². The minimum absolute atomic E-state index is 0.332. The summed E-state index contributed by atoms with van der Waals surface area (Å²) in [6.07, 6.45) is 7.45. The van der Waals surface area contributed by atoms with E-state index in [1.54, 1.807) is 0 Å². The van der Waals surface area contributed by atoms with Crippen molar-refractivity contribution in [2.75, 3.05) is 26.2 Å². The van der Waals surface area contributed by atoms with E-state index >= 15 is 0 Å². The Morgan fingerprint density at radius 1 is 1.00 bits per heavy atom. The average molecular weight is 310 g/mol. The van der Waals surface area contributed by atoms with E-state index in [0.717, 1.165) is 25.0 Å². The first-order chi connectivity index (χ1) is 10.2. The topological polar surface area (TPSA) is 12.5 Å². The predicted octanol–water partition coefficient (Wildman–Crippen LogP) is 5.00. The van der Waals surface area contributed by atoms with E-state index < -0.39 is 0 Å². The van der Waals surface area contributed by atoms with Gasteiger partial charge >= 0.3 is 0 Å². The van der Waals surface area contributed by atoms with E-state index in [0.29, 0.717) is 17.4 Å². The maximum atomic E-state index is 6.11. The Kier molecular flexibility index (Phi) is 8.13. The van der Waals surface area contributed by atoms with Crippen molar-refractivity contribution in [2.45, 2.75) is 67.4 Å². The molecule has 2 nitrogen and oxygen atoms in total. The van der Waals surface area contributed by atoms with Crippen molar-refractivity contribution in [3.63, 3.8) is 0 Å². The highest BCUT2D eigenvalue weighted by atomic mass is 16.5. The smallest absolute Gasteiger partial charge is 0.0756 e. The quantitative estimate of drug-likeness (QED) is 0.585. The summed E-state index contributed by atoms with van der Waals surface area (Å²) >= 11 is 0. The standard InChI is InChI=1S/C20H39NO/c1-16(2)14-21(15-17(3)4)12-13-22-19-10-8-18(9-11-19)20(5,6)7/h8,10,16-19H,9,11-15H2,1-7H3. The van der Waals surface area contributed by atoms with Gasteiger partial charge in [-0.2, -0.15) is 0 Å². The number of rotatable bonds is 8. The summed E-state index contributed by atoms with van der Waals surface area (Å²) in [5.74, 6) is 2.15. The SMILES string of the molecule is CC(C)CN(CCOC1C=CC(C(C)(C)C)CC1)CC(C)C. The van der Waals surface area contributed by atoms with Crippen molar-refractivity contribution in [2.24, 2.45) is 23.2 Å². The average Bonchev–Trinajstić information content (AvgIpc) is 2.36. The van der Waals surface area contributed by atoms with Gasteiger partial charge in [0.05, 0.1) is 12.7 Å². The number of hydrogen-bond acceptors (Lipinski definition) is 2. The van der Waals surface area contributed by atoms with E-state index in [9.17, 15) is 0 Å². The molecule has 0 saturated heterocycles. The number of hydrogen-bond donors (Lipinski definition) is 0. The van der Waals surface area contributed by atoms with Gasteiger partial charge in [0, 0.05) is 19.6 Å². The lowest BCUT2D eigenvalue weighted by Gasteiger charge is -2.33. The molecule has 0 amide bonds. The van der Waals surface area contributed by atoms with Crippen LogP contribution in [0.1, 0.15) is 61.3 Å². The Balaban J connectivity index is 2.33. The molecule has 0 heterocycles. The van der Waals surface area contributed by atoms with Crippen molar-refractivity contribution in [1.29, 1.82) is 0 Å². The highest BCUT2D eigenvalue weighted by Gasteiger charge is 2.26. The van der Waals surface area contributed by atoms with Crippen LogP contribution >= 0.6 is 0 Å². The van der Waals surface area contributed by atoms with Crippen LogP contribution in [0.25, 0.3) is 0 Å². The number of ether oxygens (including phenoxy) is 1. The van der Waals surface area contributed by atoms with Crippen molar-refractivity contribution < 1.29 is 4.74 Å². The van der Waals surface area contributed by atoms with Crippen molar-refractivity contribution in [3.05, 3.63) is 12.2 Å². The zero-order chi connectivity index (χ0) is 16.8. The van der Waals surface area contributed by atoms with Crippen LogP contribution in [0.4, 0.5) is 0 Å². The van der Waals surface area contributed by atoms with Crippen LogP contribution in [-0.2, 0) is 4.74 Å². The molecule has 0 bridgehead atoms. The Bertz CT molecular complexity index is 317. The fourth-order valence-electron chi connectivity index (χ4n) is 3.28. The van der Waals surface area contributed by atoms with Gasteiger partial charge in [0.1, 0.15) is 0 Å². The minimum atomic E-state index is 0.332. The Morgan fingerprint density at radius 2 is 1.59 bits per heavy atom. The summed E-state index contributed by atoms with van der Waals surface area (Å²) in [5, 5.41) is 0. The molecular weight excluding hydrogens is 270 g/mol. The monoisotopic (exact) mass is 309 g/mol. The highest BCUT2D eigenvalue weighted by Crippen LogP contribution is 2.34. The molecule has 1 rings (SSSR count). The molecule has 0 spiro atoms. The van der Waals surface area contributed by atoms with Crippen LogP contribution in [0, 0.1) is 23.2 Å². The van der Waals surface area contributed by atoms with Crippen LogP contribution in [0.15, 0.2) is 12.2 Å². The molecule has 0 aromatic rings. The van der Waals surface area contributed by atoms with E-state index in [1.165, 1.54) is 25.9 Å². The summed E-state index contributed by atoms with van der Waals surface area (Å²) in [7, 11) is 0. The summed E-state index contributed by atoms with van der Waals surface area (Å²) in [6.45, 7) is 20.4. The molecule has 0 N–H and O–H groups in total. The van der Waals surface area contributed by atoms with Crippen LogP contribution in [0.2, 0.25) is 0 Å². The van der Waals surface area contributed by atoms with E-state index in [1.807, 2.05) is 0 Å². The zero-order valence-electron chi connectivity index (χ0n) is 16.1. The molecule has 0 aromatic heterocycles. The Labute approximate surface area is 139 Å². The molecule has 0 aromatic carbocycles. The first-order valence-electron chi connectivity index (χ1n) is 9.20. The molecule has 0 fully saturated rings. The molecule has 0 aliphatic heterocycles. The fraction of sp³-hybridized carbons (Fsp3) is 0.900. The second kappa shape index (κ2) is 9.08. The predicted molar refractivity (Wildman–Crippen MR) is 97.2 cm³/mol. The molecule has 2 atom stereocenters. The summed E-state index contributed by atoms with van der Waals surface area (Å²) in [6, 6.07) is 0. The van der Waals surface area contributed by atoms with Crippen LogP contribution in [0.5, 0.6) is 0 Å². The molecule has 0 saturated carbocycles. The van der Waals surface area contributed by atoms with Crippen LogP contribution in [0.3, 0.4) is 0 Å².